The van der Waals surface area contributed by atoms with E-state index in [0.717, 1.165) is 6.07 Å². The summed E-state index contributed by atoms with van der Waals surface area (Å²) in [6.45, 7) is 3.23. The van der Waals surface area contributed by atoms with Gasteiger partial charge in [0.1, 0.15) is 16.5 Å². The van der Waals surface area contributed by atoms with Crippen LogP contribution in [0.3, 0.4) is 0 Å². The number of hydrogen-bond acceptors (Lipinski definition) is 5. The predicted molar refractivity (Wildman–Crippen MR) is 70.8 cm³/mol. The number of nitrogens with zero attached hydrogens (tertiary/aromatic N) is 1. The summed E-state index contributed by atoms with van der Waals surface area (Å²) in [6.07, 6.45) is 1.47. The number of benzene rings is 1. The van der Waals surface area contributed by atoms with Crippen molar-refractivity contribution < 1.29 is 17.2 Å². The van der Waals surface area contributed by atoms with Crippen LogP contribution in [0.5, 0.6) is 0 Å². The Morgan fingerprint density at radius 3 is 2.70 bits per heavy atom. The molecule has 0 aliphatic carbocycles. The van der Waals surface area contributed by atoms with Crippen molar-refractivity contribution in [2.24, 2.45) is 0 Å². The van der Waals surface area contributed by atoms with Gasteiger partial charge in [-0.25, -0.2) is 17.8 Å². The lowest BCUT2D eigenvalue weighted by molar-refractivity contribution is 0.427. The number of hydrogen-bond donors (Lipinski definition) is 2. The fraction of sp³-hybridized carbons (Fsp3) is 0.250. The van der Waals surface area contributed by atoms with Gasteiger partial charge in [0.2, 0.25) is 15.9 Å². The number of halogens is 1. The summed E-state index contributed by atoms with van der Waals surface area (Å²) in [4.78, 5) is 3.35. The normalized spacial score (nSPS) is 13.3. The van der Waals surface area contributed by atoms with Crippen LogP contribution in [0.15, 0.2) is 33.7 Å². The lowest BCUT2D eigenvalue weighted by atomic mass is 10.3. The van der Waals surface area contributed by atoms with Gasteiger partial charge in [0, 0.05) is 0 Å². The van der Waals surface area contributed by atoms with E-state index in [1.54, 1.807) is 13.8 Å². The summed E-state index contributed by atoms with van der Waals surface area (Å²) < 4.78 is 45.5. The summed E-state index contributed by atoms with van der Waals surface area (Å²) in [7, 11) is -4.11. The second-order valence-electron chi connectivity index (χ2n) is 4.31. The minimum atomic E-state index is -4.11. The lowest BCUT2D eigenvalue weighted by Crippen LogP contribution is -2.28. The average Bonchev–Trinajstić information content (AvgIpc) is 2.74. The zero-order valence-electron chi connectivity index (χ0n) is 10.9. The van der Waals surface area contributed by atoms with Gasteiger partial charge in [-0.1, -0.05) is 6.07 Å². The summed E-state index contributed by atoms with van der Waals surface area (Å²) >= 11 is 0. The molecule has 1 unspecified atom stereocenters. The van der Waals surface area contributed by atoms with E-state index in [2.05, 4.69) is 9.71 Å². The first-order chi connectivity index (χ1) is 9.31. The van der Waals surface area contributed by atoms with Gasteiger partial charge in [-0.3, -0.25) is 0 Å². The number of rotatable bonds is 4. The van der Waals surface area contributed by atoms with Gasteiger partial charge in [0.05, 0.1) is 17.9 Å². The van der Waals surface area contributed by atoms with E-state index in [9.17, 15) is 12.8 Å². The Labute approximate surface area is 115 Å². The second kappa shape index (κ2) is 5.22. The van der Waals surface area contributed by atoms with Crippen molar-refractivity contribution in [2.45, 2.75) is 24.8 Å². The summed E-state index contributed by atoms with van der Waals surface area (Å²) in [5, 5.41) is 0. The minimum absolute atomic E-state index is 0.159. The zero-order chi connectivity index (χ0) is 14.9. The van der Waals surface area contributed by atoms with Gasteiger partial charge in [-0.05, 0) is 26.0 Å². The first kappa shape index (κ1) is 14.5. The fourth-order valence-electron chi connectivity index (χ4n) is 1.72. The Hall–Kier alpha value is -1.93. The molecule has 6 nitrogen and oxygen atoms in total. The van der Waals surface area contributed by atoms with Crippen LogP contribution in [-0.2, 0) is 10.0 Å². The van der Waals surface area contributed by atoms with E-state index in [1.807, 2.05) is 0 Å². The van der Waals surface area contributed by atoms with Gasteiger partial charge >= 0.3 is 0 Å². The van der Waals surface area contributed by atoms with Gasteiger partial charge < -0.3 is 10.2 Å². The van der Waals surface area contributed by atoms with Crippen molar-refractivity contribution in [2.75, 3.05) is 5.73 Å². The molecule has 0 aliphatic rings. The number of nitrogens with one attached hydrogen (secondary N) is 1. The number of nitrogen functional groups attached to an aromatic ring is 1. The Balaban J connectivity index is 2.32. The lowest BCUT2D eigenvalue weighted by Gasteiger charge is -2.13. The Morgan fingerprint density at radius 2 is 2.15 bits per heavy atom. The predicted octanol–water partition coefficient (Wildman–Crippen LogP) is 1.74. The minimum Gasteiger partial charge on any atom is -0.444 e. The van der Waals surface area contributed by atoms with Crippen molar-refractivity contribution in [3.8, 4) is 0 Å². The topological polar surface area (TPSA) is 98.2 Å². The van der Waals surface area contributed by atoms with Crippen molar-refractivity contribution in [3.05, 3.63) is 41.9 Å². The highest BCUT2D eigenvalue weighted by Crippen LogP contribution is 2.23. The summed E-state index contributed by atoms with van der Waals surface area (Å²) in [5.74, 6) is -0.161. The van der Waals surface area contributed by atoms with Gasteiger partial charge in [-0.15, -0.1) is 0 Å². The number of nitrogens with two attached hydrogens (primary N) is 1. The molecule has 108 valence electrons. The molecule has 1 aromatic heterocycles. The Bertz CT molecular complexity index is 707. The van der Waals surface area contributed by atoms with E-state index in [0.29, 0.717) is 5.76 Å². The zero-order valence-corrected chi connectivity index (χ0v) is 11.7. The molecule has 2 rings (SSSR count). The van der Waals surface area contributed by atoms with E-state index in [1.165, 1.54) is 18.3 Å². The molecule has 1 atom stereocenters. The number of sulfonamides is 1. The van der Waals surface area contributed by atoms with Crippen LogP contribution in [0.2, 0.25) is 0 Å². The Morgan fingerprint density at radius 1 is 1.45 bits per heavy atom. The van der Waals surface area contributed by atoms with Crippen LogP contribution in [-0.4, -0.2) is 13.4 Å². The molecule has 1 aromatic carbocycles. The van der Waals surface area contributed by atoms with Crippen molar-refractivity contribution in [1.29, 1.82) is 0 Å². The van der Waals surface area contributed by atoms with Gasteiger partial charge in [-0.2, -0.15) is 4.72 Å². The van der Waals surface area contributed by atoms with Crippen molar-refractivity contribution in [1.82, 2.24) is 9.71 Å². The highest BCUT2D eigenvalue weighted by molar-refractivity contribution is 7.89. The van der Waals surface area contributed by atoms with Crippen LogP contribution < -0.4 is 10.5 Å². The monoisotopic (exact) mass is 299 g/mol. The standard InChI is InChI=1S/C12H14FN3O3S/c1-7-6-15-12(19-7)8(2)16-20(17,18)11-9(13)4-3-5-10(11)14/h3-6,8,16H,14H2,1-2H3. The maximum atomic E-state index is 13.7. The largest absolute Gasteiger partial charge is 0.444 e. The highest BCUT2D eigenvalue weighted by Gasteiger charge is 2.26. The number of oxazole rings is 1. The molecule has 0 bridgehead atoms. The third-order valence-corrected chi connectivity index (χ3v) is 4.24. The smallest absolute Gasteiger partial charge is 0.246 e. The number of anilines is 1. The molecule has 0 fully saturated rings. The van der Waals surface area contributed by atoms with Crippen LogP contribution >= 0.6 is 0 Å². The van der Waals surface area contributed by atoms with Crippen LogP contribution in [0.1, 0.15) is 24.6 Å². The summed E-state index contributed by atoms with van der Waals surface area (Å²) in [5.41, 5.74) is 5.37. The molecule has 20 heavy (non-hydrogen) atoms. The average molecular weight is 299 g/mol. The molecular formula is C12H14FN3O3S. The quantitative estimate of drug-likeness (QED) is 0.838. The van der Waals surface area contributed by atoms with Gasteiger partial charge in [0.25, 0.3) is 0 Å². The molecular weight excluding hydrogens is 285 g/mol. The maximum absolute atomic E-state index is 13.7. The molecule has 0 radical (unpaired) electrons. The Kier molecular flexibility index (Phi) is 3.78. The first-order valence-corrected chi connectivity index (χ1v) is 7.28. The van der Waals surface area contributed by atoms with Gasteiger partial charge in [0.15, 0.2) is 0 Å². The molecule has 0 spiro atoms. The fourth-order valence-corrected chi connectivity index (χ4v) is 3.11. The van der Waals surface area contributed by atoms with E-state index in [-0.39, 0.29) is 11.6 Å². The molecule has 8 heteroatoms. The molecule has 0 amide bonds. The van der Waals surface area contributed by atoms with Crippen molar-refractivity contribution >= 4 is 15.7 Å². The molecule has 3 N–H and O–H groups in total. The molecule has 0 saturated heterocycles. The van der Waals surface area contributed by atoms with E-state index in [4.69, 9.17) is 10.2 Å². The van der Waals surface area contributed by atoms with E-state index >= 15 is 0 Å². The number of aryl methyl sites for hydroxylation is 1. The summed E-state index contributed by atoms with van der Waals surface area (Å²) in [6, 6.07) is 2.94. The number of aromatic nitrogens is 1. The second-order valence-corrected chi connectivity index (χ2v) is 5.96. The van der Waals surface area contributed by atoms with Crippen molar-refractivity contribution in [3.63, 3.8) is 0 Å². The molecule has 0 saturated carbocycles. The molecule has 2 aromatic rings. The maximum Gasteiger partial charge on any atom is 0.246 e. The molecule has 0 aliphatic heterocycles. The third-order valence-electron chi connectivity index (χ3n) is 2.61. The third kappa shape index (κ3) is 2.81. The highest BCUT2D eigenvalue weighted by atomic mass is 32.2. The van der Waals surface area contributed by atoms with Crippen LogP contribution in [0, 0.1) is 12.7 Å². The van der Waals surface area contributed by atoms with Crippen LogP contribution in [0.4, 0.5) is 10.1 Å². The first-order valence-electron chi connectivity index (χ1n) is 5.80. The van der Waals surface area contributed by atoms with E-state index < -0.39 is 26.8 Å². The SMILES string of the molecule is Cc1cnc(C(C)NS(=O)(=O)c2c(N)cccc2F)o1. The van der Waals surface area contributed by atoms with Crippen LogP contribution in [0.25, 0.3) is 0 Å². The molecule has 1 heterocycles.